The highest BCUT2D eigenvalue weighted by Crippen LogP contribution is 2.35. The minimum absolute atomic E-state index is 0.0535. The van der Waals surface area contributed by atoms with Crippen molar-refractivity contribution in [3.8, 4) is 34.0 Å². The van der Waals surface area contributed by atoms with Gasteiger partial charge >= 0.3 is 0 Å². The maximum Gasteiger partial charge on any atom is 0.185 e. The number of nitrogens with one attached hydrogen (secondary N) is 1. The van der Waals surface area contributed by atoms with E-state index >= 15 is 0 Å². The molecular weight excluding hydrogens is 435 g/mol. The Morgan fingerprint density at radius 3 is 2.85 bits per heavy atom. The highest BCUT2D eigenvalue weighted by molar-refractivity contribution is 5.73. The number of hydrogen-bond acceptors (Lipinski definition) is 8. The second-order valence-corrected chi connectivity index (χ2v) is 9.40. The van der Waals surface area contributed by atoms with Crippen molar-refractivity contribution in [3.63, 3.8) is 0 Å². The van der Waals surface area contributed by atoms with Gasteiger partial charge in [0.25, 0.3) is 0 Å². The number of piperidine rings is 1. The Bertz CT molecular complexity index is 1210. The van der Waals surface area contributed by atoms with Gasteiger partial charge in [-0.15, -0.1) is 10.2 Å². The third kappa shape index (κ3) is 3.73. The van der Waals surface area contributed by atoms with Gasteiger partial charge < -0.3 is 20.1 Å². The second-order valence-electron chi connectivity index (χ2n) is 9.40. The first-order valence-corrected chi connectivity index (χ1v) is 11.8. The molecule has 3 aromatic rings. The summed E-state index contributed by atoms with van der Waals surface area (Å²) < 4.78 is 20.6. The van der Waals surface area contributed by atoms with Crippen molar-refractivity contribution in [2.75, 3.05) is 18.6 Å². The number of aromatic hydroxyl groups is 1. The standard InChI is InChI=1S/C25H27FN6O2/c1-32(20-11-16-5-7-19(29-16)24(20)26)23-13-28-25(31-30-23)17-6-4-14(9-21(17)33)15-10-22-18(27-12-15)3-2-8-34-22/h4,6,9-10,12-13,16,19-20,24,29,33H,2-3,5,7-8,11H2,1H3/t16-,19-,20+,24-/m1/s1. The van der Waals surface area contributed by atoms with Crippen molar-refractivity contribution in [1.29, 1.82) is 0 Å². The first kappa shape index (κ1) is 21.2. The Kier molecular flexibility index (Phi) is 5.28. The molecule has 0 saturated carbocycles. The van der Waals surface area contributed by atoms with Gasteiger partial charge in [0.05, 0.1) is 30.1 Å². The molecule has 4 atom stereocenters. The number of halogens is 1. The molecule has 2 aromatic heterocycles. The van der Waals surface area contributed by atoms with Crippen molar-refractivity contribution in [2.45, 2.75) is 56.4 Å². The monoisotopic (exact) mass is 462 g/mol. The SMILES string of the molecule is CN(c1cnc(-c2ccc(-c3cnc4c(c3)OCCC4)cc2O)nn1)[C@H]1C[C@H]2CC[C@@H](N2)[C@H]1F. The highest BCUT2D eigenvalue weighted by Gasteiger charge is 2.43. The summed E-state index contributed by atoms with van der Waals surface area (Å²) in [4.78, 5) is 10.8. The summed E-state index contributed by atoms with van der Waals surface area (Å²) in [6, 6.07) is 7.32. The summed E-state index contributed by atoms with van der Waals surface area (Å²) in [6.45, 7) is 0.697. The molecule has 1 aromatic carbocycles. The third-order valence-electron chi connectivity index (χ3n) is 7.28. The van der Waals surface area contributed by atoms with Crippen LogP contribution in [0.2, 0.25) is 0 Å². The van der Waals surface area contributed by atoms with Crippen LogP contribution < -0.4 is 15.0 Å². The Labute approximate surface area is 197 Å². The molecule has 0 amide bonds. The molecule has 0 radical (unpaired) electrons. The molecule has 0 spiro atoms. The zero-order valence-electron chi connectivity index (χ0n) is 19.0. The number of phenolic OH excluding ortho intramolecular Hbond substituents is 1. The van der Waals surface area contributed by atoms with E-state index in [1.807, 2.05) is 24.1 Å². The van der Waals surface area contributed by atoms with Crippen LogP contribution in [0.25, 0.3) is 22.5 Å². The van der Waals surface area contributed by atoms with Gasteiger partial charge in [-0.1, -0.05) is 6.07 Å². The fourth-order valence-electron chi connectivity index (χ4n) is 5.34. The number of phenols is 1. The Morgan fingerprint density at radius 1 is 1.12 bits per heavy atom. The number of fused-ring (bicyclic) bond motifs is 3. The van der Waals surface area contributed by atoms with E-state index in [9.17, 15) is 9.50 Å². The van der Waals surface area contributed by atoms with Gasteiger partial charge in [-0.2, -0.15) is 0 Å². The Hall–Kier alpha value is -3.33. The quantitative estimate of drug-likeness (QED) is 0.610. The van der Waals surface area contributed by atoms with Gasteiger partial charge in [0, 0.05) is 30.9 Å². The van der Waals surface area contributed by atoms with E-state index in [0.29, 0.717) is 29.9 Å². The third-order valence-corrected chi connectivity index (χ3v) is 7.28. The van der Waals surface area contributed by atoms with E-state index in [-0.39, 0.29) is 17.8 Å². The lowest BCUT2D eigenvalue weighted by Gasteiger charge is -2.38. The molecule has 8 nitrogen and oxygen atoms in total. The first-order chi connectivity index (χ1) is 16.6. The lowest BCUT2D eigenvalue weighted by molar-refractivity contribution is 0.176. The summed E-state index contributed by atoms with van der Waals surface area (Å²) >= 11 is 0. The zero-order chi connectivity index (χ0) is 23.2. The average Bonchev–Trinajstić information content (AvgIpc) is 3.29. The molecule has 6 rings (SSSR count). The van der Waals surface area contributed by atoms with Crippen LogP contribution in [-0.2, 0) is 6.42 Å². The lowest BCUT2D eigenvalue weighted by atomic mass is 9.96. The van der Waals surface area contributed by atoms with Gasteiger partial charge in [-0.25, -0.2) is 9.37 Å². The van der Waals surface area contributed by atoms with E-state index in [4.69, 9.17) is 4.74 Å². The van der Waals surface area contributed by atoms with Crippen LogP contribution in [0, 0.1) is 0 Å². The Morgan fingerprint density at radius 2 is 2.03 bits per heavy atom. The normalized spacial score (nSPS) is 25.5. The molecule has 34 heavy (non-hydrogen) atoms. The summed E-state index contributed by atoms with van der Waals surface area (Å²) in [7, 11) is 1.84. The molecule has 5 heterocycles. The smallest absolute Gasteiger partial charge is 0.185 e. The fourth-order valence-corrected chi connectivity index (χ4v) is 5.34. The molecular formula is C25H27FN6O2. The first-order valence-electron chi connectivity index (χ1n) is 11.8. The van der Waals surface area contributed by atoms with Gasteiger partial charge in [-0.05, 0) is 55.9 Å². The number of ether oxygens (including phenoxy) is 1. The number of alkyl halides is 1. The summed E-state index contributed by atoms with van der Waals surface area (Å²) in [5.41, 5.74) is 3.15. The number of rotatable bonds is 4. The number of hydrogen-bond donors (Lipinski definition) is 2. The van der Waals surface area contributed by atoms with E-state index in [1.165, 1.54) is 0 Å². The minimum atomic E-state index is -0.953. The molecule has 2 fully saturated rings. The number of benzene rings is 1. The van der Waals surface area contributed by atoms with Crippen LogP contribution >= 0.6 is 0 Å². The maximum atomic E-state index is 14.9. The van der Waals surface area contributed by atoms with Crippen LogP contribution in [-0.4, -0.2) is 63.2 Å². The van der Waals surface area contributed by atoms with E-state index in [2.05, 4.69) is 25.5 Å². The molecule has 2 N–H and O–H groups in total. The lowest BCUT2D eigenvalue weighted by Crippen LogP contribution is -2.55. The number of anilines is 1. The molecule has 3 aliphatic heterocycles. The second kappa shape index (κ2) is 8.47. The molecule has 176 valence electrons. The summed E-state index contributed by atoms with van der Waals surface area (Å²) in [5.74, 6) is 1.69. The zero-order valence-corrected chi connectivity index (χ0v) is 19.0. The van der Waals surface area contributed by atoms with Crippen molar-refractivity contribution in [3.05, 3.63) is 42.4 Å². The summed E-state index contributed by atoms with van der Waals surface area (Å²) in [6.07, 6.45) is 6.97. The van der Waals surface area contributed by atoms with Crippen LogP contribution in [0.3, 0.4) is 0 Å². The molecule has 0 unspecified atom stereocenters. The number of aromatic nitrogens is 4. The van der Waals surface area contributed by atoms with Gasteiger partial charge in [0.1, 0.15) is 17.7 Å². The maximum absolute atomic E-state index is 14.9. The largest absolute Gasteiger partial charge is 0.507 e. The summed E-state index contributed by atoms with van der Waals surface area (Å²) in [5, 5.41) is 22.6. The van der Waals surface area contributed by atoms with Crippen molar-refractivity contribution in [2.24, 2.45) is 0 Å². The van der Waals surface area contributed by atoms with E-state index in [1.54, 1.807) is 24.5 Å². The van der Waals surface area contributed by atoms with Crippen molar-refractivity contribution < 1.29 is 14.2 Å². The van der Waals surface area contributed by atoms with Gasteiger partial charge in [0.2, 0.25) is 0 Å². The number of pyridine rings is 1. The highest BCUT2D eigenvalue weighted by atomic mass is 19.1. The molecule has 2 saturated heterocycles. The van der Waals surface area contributed by atoms with Crippen LogP contribution in [0.5, 0.6) is 11.5 Å². The van der Waals surface area contributed by atoms with Gasteiger partial charge in [0.15, 0.2) is 11.6 Å². The molecule has 3 aliphatic rings. The molecule has 2 bridgehead atoms. The minimum Gasteiger partial charge on any atom is -0.507 e. The van der Waals surface area contributed by atoms with Crippen molar-refractivity contribution >= 4 is 5.82 Å². The van der Waals surface area contributed by atoms with Crippen LogP contribution in [0.4, 0.5) is 10.2 Å². The molecule has 9 heteroatoms. The number of aryl methyl sites for hydroxylation is 1. The predicted molar refractivity (Wildman–Crippen MR) is 126 cm³/mol. The fraction of sp³-hybridized carbons (Fsp3) is 0.440. The topological polar surface area (TPSA) is 96.3 Å². The number of nitrogens with zero attached hydrogens (tertiary/aromatic N) is 5. The van der Waals surface area contributed by atoms with Crippen molar-refractivity contribution in [1.82, 2.24) is 25.5 Å². The van der Waals surface area contributed by atoms with Crippen LogP contribution in [0.15, 0.2) is 36.7 Å². The Balaban J connectivity index is 1.21. The van der Waals surface area contributed by atoms with E-state index < -0.39 is 6.17 Å². The molecule has 0 aliphatic carbocycles. The average molecular weight is 463 g/mol. The predicted octanol–water partition coefficient (Wildman–Crippen LogP) is 3.30. The van der Waals surface area contributed by atoms with Gasteiger partial charge in [-0.3, -0.25) is 4.98 Å². The van der Waals surface area contributed by atoms with Crippen LogP contribution in [0.1, 0.15) is 31.4 Å². The van der Waals surface area contributed by atoms with E-state index in [0.717, 1.165) is 54.7 Å².